The van der Waals surface area contributed by atoms with Gasteiger partial charge in [0.2, 0.25) is 0 Å². The van der Waals surface area contributed by atoms with Gasteiger partial charge < -0.3 is 25.0 Å². The second-order valence-electron chi connectivity index (χ2n) is 12.1. The largest absolute Gasteiger partial charge is 1.00 e. The minimum atomic E-state index is -5.18. The number of azo groups is 3. The van der Waals surface area contributed by atoms with Crippen LogP contribution >= 0.6 is 12.0 Å². The van der Waals surface area contributed by atoms with Crippen LogP contribution in [0.5, 0.6) is 0 Å². The van der Waals surface area contributed by atoms with Gasteiger partial charge in [0.05, 0.1) is 56.0 Å². The molecule has 0 heterocycles. The summed E-state index contributed by atoms with van der Waals surface area (Å²) in [6.45, 7) is 3.64. The summed E-state index contributed by atoms with van der Waals surface area (Å²) >= 11 is 0.780. The SMILES string of the molecule is Cc1cc(N=Nc2ccc(NC(=O)Nc3ccc4cc(S(=O)(=O)[O-])cc(S(=O)(=O)[O-])c4c3)cc2C)ccc1N=Nc1ccc(N=Nc2ccc(SOO[O-])cc2)cc1.[Na+].[Na+].[Na+]. The van der Waals surface area contributed by atoms with Gasteiger partial charge >= 0.3 is 94.7 Å². The van der Waals surface area contributed by atoms with Gasteiger partial charge in [-0.15, -0.1) is 0 Å². The summed E-state index contributed by atoms with van der Waals surface area (Å²) in [5.41, 5.74) is 5.53. The van der Waals surface area contributed by atoms with Gasteiger partial charge in [-0.1, -0.05) is 6.07 Å². The Morgan fingerprint density at radius 3 is 1.57 bits per heavy atom. The van der Waals surface area contributed by atoms with E-state index in [1.54, 1.807) is 91.9 Å². The average molecular weight is 909 g/mol. The summed E-state index contributed by atoms with van der Waals surface area (Å²) in [5, 5.41) is 44.0. The number of hydrogen-bond acceptors (Lipinski definition) is 17. The van der Waals surface area contributed by atoms with Gasteiger partial charge in [-0.25, -0.2) is 21.6 Å². The van der Waals surface area contributed by atoms with E-state index in [0.29, 0.717) is 56.3 Å². The molecule has 0 radical (unpaired) electrons. The van der Waals surface area contributed by atoms with Crippen LogP contribution in [0.2, 0.25) is 0 Å². The molecule has 2 N–H and O–H groups in total. The van der Waals surface area contributed by atoms with Crippen molar-refractivity contribution in [2.45, 2.75) is 28.5 Å². The number of fused-ring (bicyclic) bond motifs is 1. The molecular formula is C37H27N8Na3O10S3. The van der Waals surface area contributed by atoms with Crippen LogP contribution in [0.4, 0.5) is 50.3 Å². The van der Waals surface area contributed by atoms with Crippen LogP contribution in [-0.2, 0) is 29.6 Å². The van der Waals surface area contributed by atoms with Crippen LogP contribution in [0.1, 0.15) is 11.1 Å². The first-order valence-corrected chi connectivity index (χ1v) is 20.1. The summed E-state index contributed by atoms with van der Waals surface area (Å²) in [6.07, 6.45) is 0. The van der Waals surface area contributed by atoms with Crippen molar-refractivity contribution in [3.63, 3.8) is 0 Å². The number of aryl methyl sites for hydroxylation is 2. The fraction of sp³-hybridized carbons (Fsp3) is 0.0541. The molecule has 0 aliphatic carbocycles. The average Bonchev–Trinajstić information content (AvgIpc) is 3.18. The first kappa shape index (κ1) is 52.0. The Labute approximate surface area is 420 Å². The van der Waals surface area contributed by atoms with Gasteiger partial charge in [0.25, 0.3) is 0 Å². The van der Waals surface area contributed by atoms with E-state index < -0.39 is 36.1 Å². The first-order valence-electron chi connectivity index (χ1n) is 16.5. The summed E-state index contributed by atoms with van der Waals surface area (Å²) in [6, 6.07) is 28.6. The Morgan fingerprint density at radius 1 is 0.574 bits per heavy atom. The van der Waals surface area contributed by atoms with Crippen molar-refractivity contribution in [3.05, 3.63) is 126 Å². The molecule has 24 heteroatoms. The van der Waals surface area contributed by atoms with Crippen molar-refractivity contribution in [2.24, 2.45) is 30.7 Å². The third-order valence-corrected chi connectivity index (χ3v) is 10.3. The molecule has 0 saturated heterocycles. The van der Waals surface area contributed by atoms with E-state index >= 15 is 0 Å². The van der Waals surface area contributed by atoms with Crippen molar-refractivity contribution < 1.29 is 134 Å². The van der Waals surface area contributed by atoms with Crippen molar-refractivity contribution >= 4 is 94.6 Å². The van der Waals surface area contributed by atoms with Crippen molar-refractivity contribution in [1.82, 2.24) is 0 Å². The normalized spacial score (nSPS) is 11.6. The van der Waals surface area contributed by atoms with Gasteiger partial charge in [-0.2, -0.15) is 35.0 Å². The maximum Gasteiger partial charge on any atom is 1.00 e. The number of amides is 2. The number of nitrogens with one attached hydrogen (secondary N) is 2. The van der Waals surface area contributed by atoms with E-state index in [2.05, 4.69) is 50.7 Å². The van der Waals surface area contributed by atoms with E-state index in [0.717, 1.165) is 23.7 Å². The zero-order valence-electron chi connectivity index (χ0n) is 33.0. The zero-order valence-corrected chi connectivity index (χ0v) is 41.4. The molecule has 61 heavy (non-hydrogen) atoms. The van der Waals surface area contributed by atoms with Crippen LogP contribution < -0.4 is 105 Å². The monoisotopic (exact) mass is 908 g/mol. The second kappa shape index (κ2) is 23.4. The van der Waals surface area contributed by atoms with Crippen LogP contribution in [0.15, 0.2) is 161 Å². The number of rotatable bonds is 13. The van der Waals surface area contributed by atoms with Crippen molar-refractivity contribution in [2.75, 3.05) is 10.6 Å². The summed E-state index contributed by atoms with van der Waals surface area (Å²) in [7, 11) is -10.2. The predicted octanol–water partition coefficient (Wildman–Crippen LogP) is 0.398. The number of anilines is 2. The quantitative estimate of drug-likeness (QED) is 0.0400. The Morgan fingerprint density at radius 2 is 1.05 bits per heavy atom. The molecule has 296 valence electrons. The van der Waals surface area contributed by atoms with Crippen LogP contribution in [0.3, 0.4) is 0 Å². The van der Waals surface area contributed by atoms with Gasteiger partial charge in [-0.3, -0.25) is 5.04 Å². The zero-order chi connectivity index (χ0) is 41.5. The van der Waals surface area contributed by atoms with Crippen LogP contribution in [0.25, 0.3) is 10.8 Å². The number of nitrogens with zero attached hydrogens (tertiary/aromatic N) is 6. The molecule has 0 saturated carbocycles. The minimum absolute atomic E-state index is 0. The third kappa shape index (κ3) is 14.9. The molecule has 18 nitrogen and oxygen atoms in total. The molecule has 0 aromatic heterocycles. The predicted molar refractivity (Wildman–Crippen MR) is 208 cm³/mol. The minimum Gasteiger partial charge on any atom is -0.744 e. The van der Waals surface area contributed by atoms with E-state index in [-0.39, 0.29) is 105 Å². The van der Waals surface area contributed by atoms with Crippen LogP contribution in [-0.4, -0.2) is 32.0 Å². The Hall–Kier alpha value is -3.30. The van der Waals surface area contributed by atoms with Gasteiger partial charge in [-0.05, 0) is 140 Å². The van der Waals surface area contributed by atoms with Gasteiger partial charge in [0.15, 0.2) is 0 Å². The molecule has 0 atom stereocenters. The first-order chi connectivity index (χ1) is 27.6. The number of benzene rings is 6. The molecule has 0 aliphatic rings. The summed E-state index contributed by atoms with van der Waals surface area (Å²) in [4.78, 5) is 11.7. The molecule has 6 rings (SSSR count). The van der Waals surface area contributed by atoms with Crippen LogP contribution in [0, 0.1) is 13.8 Å². The fourth-order valence-corrected chi connectivity index (χ4v) is 6.90. The Kier molecular flexibility index (Phi) is 20.0. The van der Waals surface area contributed by atoms with Gasteiger partial charge in [0.1, 0.15) is 20.2 Å². The Bertz CT molecular complexity index is 2840. The number of urea groups is 1. The maximum atomic E-state index is 12.8. The van der Waals surface area contributed by atoms with Crippen molar-refractivity contribution in [3.8, 4) is 0 Å². The number of carbonyl (C=O) groups excluding carboxylic acids is 1. The van der Waals surface area contributed by atoms with E-state index in [9.17, 15) is 36.0 Å². The number of hydrogen-bond donors (Lipinski definition) is 2. The summed E-state index contributed by atoms with van der Waals surface area (Å²) in [5.74, 6) is 0. The number of carbonyl (C=O) groups is 1. The molecule has 0 bridgehead atoms. The van der Waals surface area contributed by atoms with E-state index in [1.165, 1.54) is 18.2 Å². The molecular weight excluding hydrogens is 882 g/mol. The Balaban J connectivity index is 0.00000331. The van der Waals surface area contributed by atoms with Gasteiger partial charge in [0, 0.05) is 21.7 Å². The van der Waals surface area contributed by atoms with Crippen molar-refractivity contribution in [1.29, 1.82) is 0 Å². The smallest absolute Gasteiger partial charge is 0.744 e. The standard InChI is InChI=1S/C37H30N8O10S3.3Na/c1-22-17-28(38-37(46)39-29-4-3-24-19-32(57(48,49)50)21-36(33(24)20-29)58(51,52)53)11-15-34(22)45-43-30-12-16-35(23(2)18-30)44-42-26-7-5-25(6-8-26)40-41-27-9-13-31(14-10-27)56-55-54-47;;;/h3-21,47H,1-2H3,(H2,38,39,46)(H,48,49,50)(H,51,52,53);;;/q;3*+1/p-3. The van der Waals surface area contributed by atoms with E-state index in [1.807, 2.05) is 6.92 Å². The molecule has 0 unspecified atom stereocenters. The molecule has 6 aromatic carbocycles. The van der Waals surface area contributed by atoms with E-state index in [4.69, 9.17) is 0 Å². The maximum absolute atomic E-state index is 12.8. The topological polar surface area (TPSA) is 271 Å². The fourth-order valence-electron chi connectivity index (χ4n) is 5.23. The summed E-state index contributed by atoms with van der Waals surface area (Å²) < 4.78 is 74.3. The molecule has 0 aliphatic heterocycles. The second-order valence-corrected chi connectivity index (χ2v) is 15.6. The molecule has 2 amide bonds. The molecule has 0 fully saturated rings. The molecule has 6 aromatic rings. The molecule has 0 spiro atoms. The third-order valence-electron chi connectivity index (χ3n) is 8.01.